The summed E-state index contributed by atoms with van der Waals surface area (Å²) in [6, 6.07) is 8.24. The molecule has 1 fully saturated rings. The highest BCUT2D eigenvalue weighted by molar-refractivity contribution is 6.41. The van der Waals surface area contributed by atoms with Crippen LogP contribution in [-0.2, 0) is 21.4 Å². The summed E-state index contributed by atoms with van der Waals surface area (Å²) in [7, 11) is 15.1. The predicted octanol–water partition coefficient (Wildman–Crippen LogP) is 3.31. The first-order chi connectivity index (χ1) is 14.7. The van der Waals surface area contributed by atoms with Gasteiger partial charge in [-0.3, -0.25) is 4.98 Å². The van der Waals surface area contributed by atoms with Crippen LogP contribution in [0.2, 0.25) is 5.02 Å². The van der Waals surface area contributed by atoms with E-state index < -0.39 is 10.9 Å². The molecule has 2 N–H and O–H groups in total. The van der Waals surface area contributed by atoms with Gasteiger partial charge in [-0.15, -0.1) is 0 Å². The lowest BCUT2D eigenvalue weighted by molar-refractivity contribution is -0.0559. The first-order valence-corrected chi connectivity index (χ1v) is 11.0. The number of benzene rings is 1. The van der Waals surface area contributed by atoms with Gasteiger partial charge in [0.1, 0.15) is 21.2 Å². The number of nitrogens with two attached hydrogens (primary N) is 1. The van der Waals surface area contributed by atoms with Gasteiger partial charge in [-0.25, -0.2) is 4.99 Å². The monoisotopic (exact) mass is 431 g/mol. The molecule has 31 heavy (non-hydrogen) atoms. The number of aliphatic imine (C=N–C) groups is 1. The van der Waals surface area contributed by atoms with Crippen LogP contribution in [0.1, 0.15) is 37.3 Å². The van der Waals surface area contributed by atoms with E-state index in [0.29, 0.717) is 10.9 Å². The Morgan fingerprint density at radius 1 is 1.23 bits per heavy atom. The van der Waals surface area contributed by atoms with Crippen molar-refractivity contribution >= 4 is 33.3 Å². The van der Waals surface area contributed by atoms with E-state index in [9.17, 15) is 0 Å². The van der Waals surface area contributed by atoms with Gasteiger partial charge in [0, 0.05) is 30.5 Å². The molecule has 0 unspecified atom stereocenters. The molecule has 2 spiro atoms. The summed E-state index contributed by atoms with van der Waals surface area (Å²) in [5.74, 6) is 0.328. The van der Waals surface area contributed by atoms with E-state index in [-0.39, 0.29) is 17.5 Å². The summed E-state index contributed by atoms with van der Waals surface area (Å²) in [6.45, 7) is 2.21. The molecular formula is C23H24B2ClN3O2. The second-order valence-corrected chi connectivity index (χ2v) is 9.71. The zero-order chi connectivity index (χ0) is 22.0. The topological polar surface area (TPSA) is 69.7 Å². The van der Waals surface area contributed by atoms with E-state index in [1.807, 2.05) is 6.07 Å². The Morgan fingerprint density at radius 2 is 2.03 bits per heavy atom. The molecule has 8 heteroatoms. The van der Waals surface area contributed by atoms with Crippen LogP contribution < -0.4 is 5.73 Å². The summed E-state index contributed by atoms with van der Waals surface area (Å²) < 4.78 is 11.5. The van der Waals surface area contributed by atoms with E-state index in [2.05, 4.69) is 30.1 Å². The number of amidine groups is 1. The van der Waals surface area contributed by atoms with Crippen molar-refractivity contribution in [2.24, 2.45) is 22.1 Å². The number of pyridine rings is 1. The fraction of sp³-hybridized carbons (Fsp3) is 0.478. The molecule has 3 aliphatic rings. The van der Waals surface area contributed by atoms with E-state index in [4.69, 9.17) is 47.5 Å². The zero-order valence-electron chi connectivity index (χ0n) is 17.8. The molecule has 1 aliphatic heterocycles. The third kappa shape index (κ3) is 2.89. The van der Waals surface area contributed by atoms with Gasteiger partial charge >= 0.3 is 0 Å². The lowest BCUT2D eigenvalue weighted by Gasteiger charge is -2.53. The van der Waals surface area contributed by atoms with Crippen LogP contribution in [0.3, 0.4) is 0 Å². The minimum absolute atomic E-state index is 0.0357. The summed E-state index contributed by atoms with van der Waals surface area (Å²) in [4.78, 5) is 9.10. The molecule has 1 saturated carbocycles. The van der Waals surface area contributed by atoms with Crippen LogP contribution in [0, 0.1) is 11.3 Å². The Bertz CT molecular complexity index is 1080. The number of hydrogen-bond donors (Lipinski definition) is 1. The molecule has 2 aliphatic carbocycles. The molecule has 156 valence electrons. The average Bonchev–Trinajstić information content (AvgIpc) is 3.12. The van der Waals surface area contributed by atoms with Crippen molar-refractivity contribution in [1.29, 1.82) is 0 Å². The van der Waals surface area contributed by atoms with Gasteiger partial charge in [-0.2, -0.15) is 0 Å². The number of rotatable bonds is 2. The highest BCUT2D eigenvalue weighted by Gasteiger charge is 2.68. The highest BCUT2D eigenvalue weighted by atomic mass is 35.5. The zero-order valence-corrected chi connectivity index (χ0v) is 18.5. The van der Waals surface area contributed by atoms with Gasteiger partial charge in [-0.05, 0) is 60.4 Å². The maximum Gasteiger partial charge on any atom is 0.281 e. The van der Waals surface area contributed by atoms with E-state index >= 15 is 0 Å². The normalized spacial score (nSPS) is 33.3. The summed E-state index contributed by atoms with van der Waals surface area (Å²) >= 11 is 6.18. The number of hydrogen-bond acceptors (Lipinski definition) is 5. The summed E-state index contributed by atoms with van der Waals surface area (Å²) in [6.07, 6.45) is 7.06. The van der Waals surface area contributed by atoms with Crippen LogP contribution in [-0.4, -0.2) is 45.3 Å². The lowest BCUT2D eigenvalue weighted by atomic mass is 9.44. The lowest BCUT2D eigenvalue weighted by Crippen LogP contribution is -2.60. The largest absolute Gasteiger partial charge is 0.476 e. The minimum Gasteiger partial charge on any atom is -0.476 e. The van der Waals surface area contributed by atoms with Crippen molar-refractivity contribution in [1.82, 2.24) is 4.98 Å². The molecule has 0 saturated heterocycles. The Hall–Kier alpha value is -1.98. The molecule has 4 atom stereocenters. The molecule has 0 amide bonds. The molecule has 5 nitrogen and oxygen atoms in total. The number of nitrogens with zero attached hydrogens (tertiary/aromatic N) is 2. The van der Waals surface area contributed by atoms with Crippen molar-refractivity contribution in [2.75, 3.05) is 7.11 Å². The number of aromatic nitrogens is 1. The van der Waals surface area contributed by atoms with E-state index in [0.717, 1.165) is 42.4 Å². The van der Waals surface area contributed by atoms with Crippen LogP contribution in [0.25, 0.3) is 11.1 Å². The van der Waals surface area contributed by atoms with Crippen molar-refractivity contribution in [3.05, 3.63) is 52.8 Å². The van der Waals surface area contributed by atoms with Crippen LogP contribution in [0.15, 0.2) is 41.7 Å². The number of methoxy groups -OCH3 is 1. The fourth-order valence-corrected chi connectivity index (χ4v) is 6.49. The third-order valence-corrected chi connectivity index (χ3v) is 7.72. The molecule has 2 aromatic rings. The Kier molecular flexibility index (Phi) is 4.73. The van der Waals surface area contributed by atoms with E-state index in [1.54, 1.807) is 19.5 Å². The molecular weight excluding hydrogens is 407 g/mol. The average molecular weight is 432 g/mol. The number of halogens is 1. The van der Waals surface area contributed by atoms with Gasteiger partial charge in [0.2, 0.25) is 0 Å². The van der Waals surface area contributed by atoms with Crippen molar-refractivity contribution < 1.29 is 9.47 Å². The molecule has 5 rings (SSSR count). The van der Waals surface area contributed by atoms with Gasteiger partial charge < -0.3 is 15.2 Å². The molecule has 4 radical (unpaired) electrons. The highest BCUT2D eigenvalue weighted by Crippen LogP contribution is 2.65. The maximum atomic E-state index is 6.65. The molecule has 1 aromatic carbocycles. The Balaban J connectivity index is 1.70. The van der Waals surface area contributed by atoms with Crippen LogP contribution in [0.5, 0.6) is 0 Å². The number of fused-ring (bicyclic) bond motifs is 3. The van der Waals surface area contributed by atoms with Gasteiger partial charge in [0.25, 0.3) is 6.02 Å². The Morgan fingerprint density at radius 3 is 2.68 bits per heavy atom. The molecule has 2 heterocycles. The minimum atomic E-state index is -1.55. The van der Waals surface area contributed by atoms with Crippen molar-refractivity contribution in [3.63, 3.8) is 0 Å². The second kappa shape index (κ2) is 7.01. The summed E-state index contributed by atoms with van der Waals surface area (Å²) in [5, 5.41) is -0.970. The Labute approximate surface area is 190 Å². The number of ether oxygens (including phenoxy) is 2. The van der Waals surface area contributed by atoms with Crippen molar-refractivity contribution in [2.45, 2.75) is 49.6 Å². The maximum absolute atomic E-state index is 6.65. The SMILES string of the molecule is [B]C1([B])OC(N)=N[C@]12c1cc(-c3cncc(Cl)c3)ccc1C[C@@]21CC[C@H](OC)[C@@H](C)C1. The van der Waals surface area contributed by atoms with Crippen LogP contribution >= 0.6 is 11.6 Å². The standard InChI is InChI=1S/C23H24B2ClN3O2/c1-13-9-21(6-5-19(13)30-2)10-15-4-3-14(16-7-17(26)12-28-11-16)8-18(15)22(21)23(24,25)31-20(27)29-22/h3-4,7-8,11-13,19H,5-6,9-10H2,1-2H3,(H2,27,29)/t13-,19-,21-,22-/m0/s1. The first kappa shape index (κ1) is 20.9. The third-order valence-electron chi connectivity index (χ3n) is 7.51. The van der Waals surface area contributed by atoms with Crippen LogP contribution in [0.4, 0.5) is 0 Å². The van der Waals surface area contributed by atoms with Gasteiger partial charge in [0.15, 0.2) is 0 Å². The molecule has 0 bridgehead atoms. The van der Waals surface area contributed by atoms with Gasteiger partial charge in [0.05, 0.1) is 16.5 Å². The second-order valence-electron chi connectivity index (χ2n) is 9.27. The fourth-order valence-electron chi connectivity index (χ4n) is 6.31. The smallest absolute Gasteiger partial charge is 0.281 e. The summed E-state index contributed by atoms with van der Waals surface area (Å²) in [5.41, 5.74) is 8.83. The quantitative estimate of drug-likeness (QED) is 0.741. The van der Waals surface area contributed by atoms with Crippen molar-refractivity contribution in [3.8, 4) is 11.1 Å². The molecule has 1 aromatic heterocycles. The van der Waals surface area contributed by atoms with Gasteiger partial charge in [-0.1, -0.05) is 30.7 Å². The van der Waals surface area contributed by atoms with E-state index in [1.165, 1.54) is 5.56 Å². The first-order valence-electron chi connectivity index (χ1n) is 10.6. The predicted molar refractivity (Wildman–Crippen MR) is 123 cm³/mol.